The molecule has 1 fully saturated rings. The Morgan fingerprint density at radius 2 is 2.21 bits per heavy atom. The zero-order valence-corrected chi connectivity index (χ0v) is 11.2. The molecule has 106 valence electrons. The van der Waals surface area contributed by atoms with Crippen LogP contribution in [0.4, 0.5) is 8.78 Å². The fourth-order valence-corrected chi connectivity index (χ4v) is 1.90. The van der Waals surface area contributed by atoms with Crippen LogP contribution in [-0.4, -0.2) is 22.2 Å². The molecule has 1 amide bonds. The largest absolute Gasteiger partial charge is 0.354 e. The minimum absolute atomic E-state index is 0.0191. The molecule has 1 aliphatic rings. The zero-order valence-electron chi connectivity index (χ0n) is 11.2. The van der Waals surface area contributed by atoms with Crippen molar-refractivity contribution in [2.45, 2.75) is 45.6 Å². The van der Waals surface area contributed by atoms with Crippen LogP contribution in [0.25, 0.3) is 0 Å². The second-order valence-electron chi connectivity index (χ2n) is 5.42. The van der Waals surface area contributed by atoms with Crippen LogP contribution in [0.1, 0.15) is 50.4 Å². The summed E-state index contributed by atoms with van der Waals surface area (Å²) in [6, 6.07) is 1.43. The van der Waals surface area contributed by atoms with Gasteiger partial charge in [-0.2, -0.15) is 5.10 Å². The summed E-state index contributed by atoms with van der Waals surface area (Å²) < 4.78 is 26.7. The number of nitrogens with zero attached hydrogens (tertiary/aromatic N) is 2. The molecule has 0 spiro atoms. The SMILES string of the molecule is CC(C)CNC(=O)Cn1nc(C(F)F)cc1C1CC1. The van der Waals surface area contributed by atoms with Crippen molar-refractivity contribution < 1.29 is 13.6 Å². The van der Waals surface area contributed by atoms with E-state index in [-0.39, 0.29) is 24.1 Å². The molecule has 6 heteroatoms. The highest BCUT2D eigenvalue weighted by Gasteiger charge is 2.30. The standard InChI is InChI=1S/C13H19F2N3O/c1-8(2)6-16-12(19)7-18-11(9-3-4-9)5-10(17-18)13(14)15/h5,8-9,13H,3-4,6-7H2,1-2H3,(H,16,19). The molecular weight excluding hydrogens is 252 g/mol. The van der Waals surface area contributed by atoms with Crippen molar-refractivity contribution in [3.63, 3.8) is 0 Å². The monoisotopic (exact) mass is 271 g/mol. The molecule has 19 heavy (non-hydrogen) atoms. The van der Waals surface area contributed by atoms with Gasteiger partial charge in [0.05, 0.1) is 0 Å². The van der Waals surface area contributed by atoms with Gasteiger partial charge in [-0.15, -0.1) is 0 Å². The van der Waals surface area contributed by atoms with Gasteiger partial charge in [-0.05, 0) is 24.8 Å². The molecule has 0 aliphatic heterocycles. The van der Waals surface area contributed by atoms with Crippen LogP contribution in [0.5, 0.6) is 0 Å². The molecule has 1 saturated carbocycles. The molecule has 1 aliphatic carbocycles. The Hall–Kier alpha value is -1.46. The van der Waals surface area contributed by atoms with Crippen molar-refractivity contribution in [2.24, 2.45) is 5.92 Å². The summed E-state index contributed by atoms with van der Waals surface area (Å²) >= 11 is 0. The summed E-state index contributed by atoms with van der Waals surface area (Å²) in [6.07, 6.45) is -0.610. The highest BCUT2D eigenvalue weighted by atomic mass is 19.3. The molecule has 0 unspecified atom stereocenters. The third-order valence-corrected chi connectivity index (χ3v) is 3.05. The van der Waals surface area contributed by atoms with Crippen molar-refractivity contribution in [3.8, 4) is 0 Å². The average Bonchev–Trinajstić information content (AvgIpc) is 3.08. The molecule has 1 heterocycles. The number of hydrogen-bond donors (Lipinski definition) is 1. The Morgan fingerprint density at radius 3 is 2.74 bits per heavy atom. The predicted molar refractivity (Wildman–Crippen MR) is 67.0 cm³/mol. The quantitative estimate of drug-likeness (QED) is 0.864. The molecule has 0 radical (unpaired) electrons. The number of carbonyl (C=O) groups is 1. The van der Waals surface area contributed by atoms with E-state index in [4.69, 9.17) is 0 Å². The Morgan fingerprint density at radius 1 is 1.53 bits per heavy atom. The smallest absolute Gasteiger partial charge is 0.282 e. The Bertz CT molecular complexity index is 453. The van der Waals surface area contributed by atoms with Crippen molar-refractivity contribution in [1.29, 1.82) is 0 Å². The lowest BCUT2D eigenvalue weighted by Crippen LogP contribution is -2.31. The van der Waals surface area contributed by atoms with Gasteiger partial charge in [0.2, 0.25) is 5.91 Å². The van der Waals surface area contributed by atoms with E-state index >= 15 is 0 Å². The van der Waals surface area contributed by atoms with E-state index in [9.17, 15) is 13.6 Å². The highest BCUT2D eigenvalue weighted by Crippen LogP contribution is 2.41. The summed E-state index contributed by atoms with van der Waals surface area (Å²) in [4.78, 5) is 11.7. The van der Waals surface area contributed by atoms with Gasteiger partial charge in [0.25, 0.3) is 6.43 Å². The van der Waals surface area contributed by atoms with E-state index in [0.29, 0.717) is 12.5 Å². The van der Waals surface area contributed by atoms with Crippen LogP contribution in [0.3, 0.4) is 0 Å². The van der Waals surface area contributed by atoms with Crippen LogP contribution >= 0.6 is 0 Å². The van der Waals surface area contributed by atoms with Crippen molar-refractivity contribution in [1.82, 2.24) is 15.1 Å². The van der Waals surface area contributed by atoms with E-state index in [2.05, 4.69) is 10.4 Å². The molecular formula is C13H19F2N3O. The third kappa shape index (κ3) is 3.75. The lowest BCUT2D eigenvalue weighted by atomic mass is 10.2. The van der Waals surface area contributed by atoms with Gasteiger partial charge in [-0.1, -0.05) is 13.8 Å². The number of alkyl halides is 2. The molecule has 1 aromatic rings. The van der Waals surface area contributed by atoms with Gasteiger partial charge < -0.3 is 5.32 Å². The first-order valence-electron chi connectivity index (χ1n) is 6.60. The second-order valence-corrected chi connectivity index (χ2v) is 5.42. The summed E-state index contributed by atoms with van der Waals surface area (Å²) in [5.41, 5.74) is 0.522. The van der Waals surface area contributed by atoms with E-state index in [1.54, 1.807) is 0 Å². The molecule has 0 saturated heterocycles. The Kier molecular flexibility index (Phi) is 4.17. The maximum atomic E-state index is 12.7. The Labute approximate surface area is 111 Å². The van der Waals surface area contributed by atoms with Crippen molar-refractivity contribution >= 4 is 5.91 Å². The van der Waals surface area contributed by atoms with Gasteiger partial charge >= 0.3 is 0 Å². The third-order valence-electron chi connectivity index (χ3n) is 3.05. The van der Waals surface area contributed by atoms with Gasteiger partial charge in [-0.3, -0.25) is 9.48 Å². The van der Waals surface area contributed by atoms with E-state index in [1.807, 2.05) is 13.8 Å². The normalized spacial score (nSPS) is 15.3. The highest BCUT2D eigenvalue weighted by molar-refractivity contribution is 5.75. The Balaban J connectivity index is 2.04. The molecule has 4 nitrogen and oxygen atoms in total. The number of aromatic nitrogens is 2. The fraction of sp³-hybridized carbons (Fsp3) is 0.692. The lowest BCUT2D eigenvalue weighted by molar-refractivity contribution is -0.122. The maximum absolute atomic E-state index is 12.7. The topological polar surface area (TPSA) is 46.9 Å². The van der Waals surface area contributed by atoms with E-state index in [0.717, 1.165) is 18.5 Å². The first-order chi connectivity index (χ1) is 8.97. The summed E-state index contributed by atoms with van der Waals surface area (Å²) in [5.74, 6) is 0.471. The van der Waals surface area contributed by atoms with Crippen LogP contribution in [0.15, 0.2) is 6.07 Å². The van der Waals surface area contributed by atoms with Crippen molar-refractivity contribution in [3.05, 3.63) is 17.5 Å². The molecule has 2 rings (SSSR count). The summed E-state index contributed by atoms with van der Waals surface area (Å²) in [6.45, 7) is 4.60. The number of amides is 1. The van der Waals surface area contributed by atoms with Crippen LogP contribution in [0.2, 0.25) is 0 Å². The van der Waals surface area contributed by atoms with E-state index < -0.39 is 6.43 Å². The number of rotatable bonds is 6. The van der Waals surface area contributed by atoms with Crippen LogP contribution in [-0.2, 0) is 11.3 Å². The molecule has 0 bridgehead atoms. The van der Waals surface area contributed by atoms with Crippen LogP contribution < -0.4 is 5.32 Å². The molecule has 1 N–H and O–H groups in total. The first kappa shape index (κ1) is 14.0. The van der Waals surface area contributed by atoms with Gasteiger partial charge in [0.1, 0.15) is 12.2 Å². The average molecular weight is 271 g/mol. The van der Waals surface area contributed by atoms with Gasteiger partial charge in [0, 0.05) is 18.2 Å². The molecule has 1 aromatic heterocycles. The first-order valence-corrected chi connectivity index (χ1v) is 6.60. The summed E-state index contributed by atoms with van der Waals surface area (Å²) in [7, 11) is 0. The van der Waals surface area contributed by atoms with Gasteiger partial charge in [0.15, 0.2) is 0 Å². The maximum Gasteiger partial charge on any atom is 0.282 e. The molecule has 0 aromatic carbocycles. The van der Waals surface area contributed by atoms with Gasteiger partial charge in [-0.25, -0.2) is 8.78 Å². The second kappa shape index (κ2) is 5.67. The number of halogens is 2. The fourth-order valence-electron chi connectivity index (χ4n) is 1.90. The number of nitrogens with one attached hydrogen (secondary N) is 1. The number of hydrogen-bond acceptors (Lipinski definition) is 2. The number of carbonyl (C=O) groups excluding carboxylic acids is 1. The van der Waals surface area contributed by atoms with Crippen LogP contribution in [0, 0.1) is 5.92 Å². The lowest BCUT2D eigenvalue weighted by Gasteiger charge is -2.09. The minimum Gasteiger partial charge on any atom is -0.354 e. The van der Waals surface area contributed by atoms with E-state index in [1.165, 1.54) is 10.7 Å². The molecule has 0 atom stereocenters. The predicted octanol–water partition coefficient (Wildman–Crippen LogP) is 2.47. The zero-order chi connectivity index (χ0) is 14.0. The summed E-state index contributed by atoms with van der Waals surface area (Å²) in [5, 5.41) is 6.61. The minimum atomic E-state index is -2.59. The van der Waals surface area contributed by atoms with Crippen molar-refractivity contribution in [2.75, 3.05) is 6.54 Å².